The number of anilines is 1. The first-order valence-corrected chi connectivity index (χ1v) is 9.87. The molecule has 0 saturated heterocycles. The molecule has 0 spiro atoms. The number of methoxy groups -OCH3 is 1. The quantitative estimate of drug-likeness (QED) is 0.326. The van der Waals surface area contributed by atoms with Crippen molar-refractivity contribution in [3.05, 3.63) is 52.3 Å². The van der Waals surface area contributed by atoms with Gasteiger partial charge >= 0.3 is 0 Å². The largest absolute Gasteiger partial charge is 0.493 e. The summed E-state index contributed by atoms with van der Waals surface area (Å²) >= 11 is 1.38. The van der Waals surface area contributed by atoms with Gasteiger partial charge < -0.3 is 19.4 Å². The van der Waals surface area contributed by atoms with E-state index in [-0.39, 0.29) is 24.5 Å². The number of hydrogen-bond donors (Lipinski definition) is 1. The lowest BCUT2D eigenvalue weighted by molar-refractivity contribution is -0.116. The summed E-state index contributed by atoms with van der Waals surface area (Å²) in [6, 6.07) is 5.30. The van der Waals surface area contributed by atoms with E-state index in [9.17, 15) is 9.59 Å². The number of nitrogens with zero attached hydrogens (tertiary/aromatic N) is 2. The Morgan fingerprint density at radius 2 is 2.24 bits per heavy atom. The van der Waals surface area contributed by atoms with Gasteiger partial charge in [0.2, 0.25) is 5.91 Å². The lowest BCUT2D eigenvalue weighted by Gasteiger charge is -2.27. The first-order valence-electron chi connectivity index (χ1n) is 8.88. The zero-order valence-corrected chi connectivity index (χ0v) is 17.0. The number of hydrogen-bond acceptors (Lipinski definition) is 6. The topological polar surface area (TPSA) is 82.5 Å². The fourth-order valence-electron chi connectivity index (χ4n) is 3.22. The van der Waals surface area contributed by atoms with Gasteiger partial charge in [0.25, 0.3) is 5.56 Å². The van der Waals surface area contributed by atoms with E-state index < -0.39 is 5.92 Å². The second-order valence-electron chi connectivity index (χ2n) is 6.33. The van der Waals surface area contributed by atoms with Gasteiger partial charge in [-0.1, -0.05) is 29.8 Å². The molecule has 2 aromatic rings. The average Bonchev–Trinajstić information content (AvgIpc) is 2.72. The average molecular weight is 411 g/mol. The summed E-state index contributed by atoms with van der Waals surface area (Å²) in [5.41, 5.74) is 0.854. The molecule has 1 atom stereocenters. The highest BCUT2D eigenvalue weighted by Crippen LogP contribution is 2.39. The fraction of sp³-hybridized carbons (Fsp3) is 0.286. The maximum atomic E-state index is 12.9. The molecule has 3 rings (SSSR count). The number of ether oxygens (including phenoxy) is 2. The molecule has 0 bridgehead atoms. The number of carbonyl (C=O) groups is 1. The monoisotopic (exact) mass is 411 g/mol. The van der Waals surface area contributed by atoms with E-state index in [0.717, 1.165) is 5.56 Å². The van der Waals surface area contributed by atoms with Crippen LogP contribution >= 0.6 is 11.8 Å². The van der Waals surface area contributed by atoms with E-state index in [4.69, 9.17) is 15.9 Å². The summed E-state index contributed by atoms with van der Waals surface area (Å²) in [5.74, 6) is 3.83. The van der Waals surface area contributed by atoms with Crippen LogP contribution in [0.3, 0.4) is 0 Å². The Kier molecular flexibility index (Phi) is 6.29. The molecule has 7 nitrogen and oxygen atoms in total. The van der Waals surface area contributed by atoms with Crippen LogP contribution in [-0.4, -0.2) is 34.9 Å². The van der Waals surface area contributed by atoms with Gasteiger partial charge in [0.1, 0.15) is 12.4 Å². The van der Waals surface area contributed by atoms with E-state index in [2.05, 4.69) is 22.8 Å². The summed E-state index contributed by atoms with van der Waals surface area (Å²) in [6.07, 6.45) is 7.11. The summed E-state index contributed by atoms with van der Waals surface area (Å²) in [4.78, 5) is 29.5. The molecule has 150 valence electrons. The standard InChI is InChI=1S/C21H21N3O4S/c1-5-9-28-15-8-7-13(11-16(15)27-4)14-12-17(25)22-19-18(14)20(26)23-21(24(19)3)29-10-6-2/h1,6-8,11,14H,2,9-10,12H2,3-4H3,(H,22,25)/t14-/m0/s1. The number of terminal acetylenes is 1. The molecule has 0 aliphatic carbocycles. The predicted molar refractivity (Wildman–Crippen MR) is 113 cm³/mol. The van der Waals surface area contributed by atoms with E-state index in [1.165, 1.54) is 18.9 Å². The molecule has 1 aliphatic heterocycles. The van der Waals surface area contributed by atoms with Crippen molar-refractivity contribution in [2.45, 2.75) is 17.5 Å². The van der Waals surface area contributed by atoms with Crippen molar-refractivity contribution in [3.63, 3.8) is 0 Å². The smallest absolute Gasteiger partial charge is 0.279 e. The summed E-state index contributed by atoms with van der Waals surface area (Å²) in [6.45, 7) is 3.79. The minimum Gasteiger partial charge on any atom is -0.493 e. The van der Waals surface area contributed by atoms with Crippen LogP contribution in [0.1, 0.15) is 23.5 Å². The molecule has 0 unspecified atom stereocenters. The molecule has 0 saturated carbocycles. The molecule has 29 heavy (non-hydrogen) atoms. The zero-order chi connectivity index (χ0) is 21.0. The van der Waals surface area contributed by atoms with Crippen molar-refractivity contribution in [2.75, 3.05) is 24.8 Å². The van der Waals surface area contributed by atoms with Crippen LogP contribution in [0, 0.1) is 12.3 Å². The van der Waals surface area contributed by atoms with Crippen molar-refractivity contribution >= 4 is 23.5 Å². The van der Waals surface area contributed by atoms with Crippen molar-refractivity contribution in [2.24, 2.45) is 7.05 Å². The molecule has 1 aromatic heterocycles. The molecule has 0 fully saturated rings. The van der Waals surface area contributed by atoms with E-state index >= 15 is 0 Å². The number of thioether (sulfide) groups is 1. The van der Waals surface area contributed by atoms with Crippen LogP contribution in [0.5, 0.6) is 11.5 Å². The van der Waals surface area contributed by atoms with Crippen molar-refractivity contribution in [3.8, 4) is 23.8 Å². The van der Waals surface area contributed by atoms with Gasteiger partial charge in [-0.2, -0.15) is 4.98 Å². The molecule has 2 heterocycles. The number of rotatable bonds is 7. The van der Waals surface area contributed by atoms with Gasteiger partial charge in [0.05, 0.1) is 12.7 Å². The Morgan fingerprint density at radius 1 is 1.45 bits per heavy atom. The maximum absolute atomic E-state index is 12.9. The van der Waals surface area contributed by atoms with Crippen LogP contribution in [0.15, 0.2) is 40.8 Å². The number of amides is 1. The molecular formula is C21H21N3O4S. The molecule has 0 radical (unpaired) electrons. The predicted octanol–water partition coefficient (Wildman–Crippen LogP) is 2.55. The number of fused-ring (bicyclic) bond motifs is 1. The zero-order valence-electron chi connectivity index (χ0n) is 16.2. The summed E-state index contributed by atoms with van der Waals surface area (Å²) in [7, 11) is 3.30. The summed E-state index contributed by atoms with van der Waals surface area (Å²) in [5, 5.41) is 3.34. The number of benzene rings is 1. The van der Waals surface area contributed by atoms with E-state index in [1.807, 2.05) is 0 Å². The number of nitrogens with one attached hydrogen (secondary N) is 1. The van der Waals surface area contributed by atoms with Crippen molar-refractivity contribution in [1.82, 2.24) is 9.55 Å². The molecule has 1 aliphatic rings. The van der Waals surface area contributed by atoms with Crippen LogP contribution in [0.25, 0.3) is 0 Å². The lowest BCUT2D eigenvalue weighted by atomic mass is 9.86. The van der Waals surface area contributed by atoms with Gasteiger partial charge in [-0.3, -0.25) is 9.59 Å². The van der Waals surface area contributed by atoms with Crippen LogP contribution in [0.4, 0.5) is 5.82 Å². The molecule has 8 heteroatoms. The molecule has 1 N–H and O–H groups in total. The first kappa shape index (κ1) is 20.6. The minimum absolute atomic E-state index is 0.111. The highest BCUT2D eigenvalue weighted by atomic mass is 32.2. The first-order chi connectivity index (χ1) is 14.0. The van der Waals surface area contributed by atoms with Crippen LogP contribution in [-0.2, 0) is 11.8 Å². The maximum Gasteiger partial charge on any atom is 0.279 e. The minimum atomic E-state index is -0.445. The van der Waals surface area contributed by atoms with Gasteiger partial charge in [-0.15, -0.1) is 13.0 Å². The van der Waals surface area contributed by atoms with Crippen molar-refractivity contribution in [1.29, 1.82) is 0 Å². The number of aromatic nitrogens is 2. The Balaban J connectivity index is 2.08. The third-order valence-corrected chi connectivity index (χ3v) is 5.56. The Bertz CT molecular complexity index is 1060. The number of carbonyl (C=O) groups excluding carboxylic acids is 1. The van der Waals surface area contributed by atoms with Gasteiger partial charge in [0, 0.05) is 25.1 Å². The molecular weight excluding hydrogens is 390 g/mol. The SMILES string of the molecule is C#CCOc1ccc([C@@H]2CC(=O)Nc3c2c(=O)nc(SCC=C)n3C)cc1OC. The fourth-order valence-corrected chi connectivity index (χ4v) is 3.92. The third kappa shape index (κ3) is 4.15. The van der Waals surface area contributed by atoms with Crippen LogP contribution in [0.2, 0.25) is 0 Å². The highest BCUT2D eigenvalue weighted by Gasteiger charge is 2.32. The highest BCUT2D eigenvalue weighted by molar-refractivity contribution is 7.99. The Labute approximate surface area is 173 Å². The van der Waals surface area contributed by atoms with Gasteiger partial charge in [0.15, 0.2) is 16.7 Å². The van der Waals surface area contributed by atoms with Gasteiger partial charge in [-0.25, -0.2) is 0 Å². The normalized spacial score (nSPS) is 15.1. The second-order valence-corrected chi connectivity index (χ2v) is 7.32. The Morgan fingerprint density at radius 3 is 2.93 bits per heavy atom. The summed E-state index contributed by atoms with van der Waals surface area (Å²) < 4.78 is 12.6. The van der Waals surface area contributed by atoms with Gasteiger partial charge in [-0.05, 0) is 17.7 Å². The Hall–Kier alpha value is -3.18. The van der Waals surface area contributed by atoms with E-state index in [1.54, 1.807) is 35.9 Å². The van der Waals surface area contributed by atoms with Crippen LogP contribution < -0.4 is 20.3 Å². The van der Waals surface area contributed by atoms with Crippen molar-refractivity contribution < 1.29 is 14.3 Å². The second kappa shape index (κ2) is 8.88. The van der Waals surface area contributed by atoms with E-state index in [0.29, 0.717) is 33.8 Å². The molecule has 1 amide bonds. The lowest BCUT2D eigenvalue weighted by Crippen LogP contribution is -2.33. The third-order valence-electron chi connectivity index (χ3n) is 4.53. The molecule has 1 aromatic carbocycles.